The van der Waals surface area contributed by atoms with Crippen LogP contribution in [0.25, 0.3) is 0 Å². The maximum Gasteiger partial charge on any atom is 0.335 e. The van der Waals surface area contributed by atoms with Gasteiger partial charge in [0.05, 0.1) is 22.3 Å². The highest BCUT2D eigenvalue weighted by Gasteiger charge is 2.17. The second kappa shape index (κ2) is 6.54. The Bertz CT molecular complexity index is 489. The average Bonchev–Trinajstić information content (AvgIpc) is 2.30. The molecule has 0 aliphatic rings. The molecule has 0 bridgehead atoms. The zero-order valence-corrected chi connectivity index (χ0v) is 11.6. The van der Waals surface area contributed by atoms with Crippen molar-refractivity contribution >= 4 is 29.2 Å². The minimum absolute atomic E-state index is 0.0529. The van der Waals surface area contributed by atoms with E-state index in [1.807, 2.05) is 13.8 Å². The summed E-state index contributed by atoms with van der Waals surface area (Å²) < 4.78 is 0. The summed E-state index contributed by atoms with van der Waals surface area (Å²) in [5.41, 5.74) is 6.05. The van der Waals surface area contributed by atoms with Gasteiger partial charge in [0.15, 0.2) is 0 Å². The summed E-state index contributed by atoms with van der Waals surface area (Å²) in [7, 11) is 0. The summed E-state index contributed by atoms with van der Waals surface area (Å²) in [5, 5.41) is 11.7. The van der Waals surface area contributed by atoms with E-state index in [4.69, 9.17) is 22.4 Å². The van der Waals surface area contributed by atoms with Gasteiger partial charge in [-0.15, -0.1) is 0 Å². The third kappa shape index (κ3) is 4.54. The number of hydrogen-bond acceptors (Lipinski definition) is 3. The van der Waals surface area contributed by atoms with E-state index in [2.05, 4.69) is 5.32 Å². The van der Waals surface area contributed by atoms with Crippen LogP contribution in [0.3, 0.4) is 0 Å². The number of amides is 1. The van der Waals surface area contributed by atoms with E-state index in [1.54, 1.807) is 0 Å². The highest BCUT2D eigenvalue weighted by atomic mass is 35.5. The molecule has 0 radical (unpaired) electrons. The van der Waals surface area contributed by atoms with Crippen LogP contribution in [0.4, 0.5) is 5.69 Å². The number of carbonyl (C=O) groups excluding carboxylic acids is 1. The molecule has 4 N–H and O–H groups in total. The third-order valence-corrected chi connectivity index (χ3v) is 2.86. The van der Waals surface area contributed by atoms with Crippen molar-refractivity contribution in [3.8, 4) is 0 Å². The van der Waals surface area contributed by atoms with E-state index in [0.29, 0.717) is 12.3 Å². The van der Waals surface area contributed by atoms with Gasteiger partial charge in [-0.25, -0.2) is 4.79 Å². The largest absolute Gasteiger partial charge is 0.478 e. The first kappa shape index (κ1) is 15.5. The topological polar surface area (TPSA) is 92.4 Å². The first-order valence-corrected chi connectivity index (χ1v) is 6.28. The van der Waals surface area contributed by atoms with E-state index in [1.165, 1.54) is 18.2 Å². The van der Waals surface area contributed by atoms with Crippen LogP contribution >= 0.6 is 11.6 Å². The Balaban J connectivity index is 2.84. The monoisotopic (exact) mass is 284 g/mol. The van der Waals surface area contributed by atoms with Crippen LogP contribution in [0.1, 0.15) is 30.6 Å². The molecule has 1 aromatic rings. The number of benzene rings is 1. The molecular weight excluding hydrogens is 268 g/mol. The number of carboxylic acids is 1. The van der Waals surface area contributed by atoms with Crippen molar-refractivity contribution in [3.05, 3.63) is 28.8 Å². The fraction of sp³-hybridized carbons (Fsp3) is 0.385. The van der Waals surface area contributed by atoms with Crippen molar-refractivity contribution in [2.45, 2.75) is 26.3 Å². The summed E-state index contributed by atoms with van der Waals surface area (Å²) in [5.74, 6) is -1.17. The van der Waals surface area contributed by atoms with Crippen molar-refractivity contribution in [2.24, 2.45) is 11.7 Å². The molecule has 0 heterocycles. The maximum absolute atomic E-state index is 11.8. The molecule has 5 nitrogen and oxygen atoms in total. The van der Waals surface area contributed by atoms with Crippen LogP contribution in [-0.2, 0) is 4.79 Å². The van der Waals surface area contributed by atoms with Crippen LogP contribution in [0, 0.1) is 5.92 Å². The molecule has 1 amide bonds. The van der Waals surface area contributed by atoms with E-state index >= 15 is 0 Å². The molecule has 1 unspecified atom stereocenters. The normalized spacial score (nSPS) is 12.3. The number of carboxylic acid groups (broad SMARTS) is 1. The number of aromatic carboxylic acids is 1. The third-order valence-electron chi connectivity index (χ3n) is 2.53. The number of anilines is 1. The Morgan fingerprint density at radius 1 is 1.42 bits per heavy atom. The number of nitrogens with one attached hydrogen (secondary N) is 1. The lowest BCUT2D eigenvalue weighted by atomic mass is 10.0. The summed E-state index contributed by atoms with van der Waals surface area (Å²) in [6.45, 7) is 3.93. The highest BCUT2D eigenvalue weighted by Crippen LogP contribution is 2.23. The standard InChI is InChI=1S/C13H17ClN2O3/c1-7(2)5-10(15)12(17)16-11-6-8(13(18)19)3-4-9(11)14/h3-4,6-7,10H,5,15H2,1-2H3,(H,16,17)(H,18,19). The summed E-state index contributed by atoms with van der Waals surface area (Å²) in [6, 6.07) is 3.46. The molecule has 104 valence electrons. The molecule has 0 saturated carbocycles. The molecule has 0 aliphatic heterocycles. The summed E-state index contributed by atoms with van der Waals surface area (Å²) in [4.78, 5) is 22.7. The average molecular weight is 285 g/mol. The zero-order valence-electron chi connectivity index (χ0n) is 10.8. The van der Waals surface area contributed by atoms with Crippen LogP contribution in [0.15, 0.2) is 18.2 Å². The van der Waals surface area contributed by atoms with Crippen LogP contribution in [0.2, 0.25) is 5.02 Å². The smallest absolute Gasteiger partial charge is 0.335 e. The summed E-state index contributed by atoms with van der Waals surface area (Å²) in [6.07, 6.45) is 0.544. The maximum atomic E-state index is 11.8. The second-order valence-electron chi connectivity index (χ2n) is 4.73. The number of carbonyl (C=O) groups is 2. The Labute approximate surface area is 116 Å². The first-order chi connectivity index (χ1) is 8.81. The van der Waals surface area contributed by atoms with Crippen LogP contribution < -0.4 is 11.1 Å². The van der Waals surface area contributed by atoms with Gasteiger partial charge in [-0.3, -0.25) is 4.79 Å². The molecule has 0 aromatic heterocycles. The number of rotatable bonds is 5. The van der Waals surface area contributed by atoms with Gasteiger partial charge < -0.3 is 16.2 Å². The van der Waals surface area contributed by atoms with Gasteiger partial charge in [0.25, 0.3) is 0 Å². The van der Waals surface area contributed by atoms with Crippen molar-refractivity contribution in [3.63, 3.8) is 0 Å². The fourth-order valence-corrected chi connectivity index (χ4v) is 1.76. The second-order valence-corrected chi connectivity index (χ2v) is 5.13. The Hall–Kier alpha value is -1.59. The van der Waals surface area contributed by atoms with E-state index in [0.717, 1.165) is 0 Å². The molecule has 6 heteroatoms. The lowest BCUT2D eigenvalue weighted by Gasteiger charge is -2.15. The number of nitrogens with two attached hydrogens (primary N) is 1. The SMILES string of the molecule is CC(C)CC(N)C(=O)Nc1cc(C(=O)O)ccc1Cl. The molecule has 1 aromatic carbocycles. The number of hydrogen-bond donors (Lipinski definition) is 3. The predicted molar refractivity (Wildman–Crippen MR) is 74.5 cm³/mol. The van der Waals surface area contributed by atoms with Crippen molar-refractivity contribution in [1.29, 1.82) is 0 Å². The fourth-order valence-electron chi connectivity index (χ4n) is 1.59. The van der Waals surface area contributed by atoms with Gasteiger partial charge in [-0.2, -0.15) is 0 Å². The van der Waals surface area contributed by atoms with E-state index in [9.17, 15) is 9.59 Å². The number of halogens is 1. The first-order valence-electron chi connectivity index (χ1n) is 5.90. The minimum atomic E-state index is -1.08. The minimum Gasteiger partial charge on any atom is -0.478 e. The van der Waals surface area contributed by atoms with Crippen molar-refractivity contribution < 1.29 is 14.7 Å². The lowest BCUT2D eigenvalue weighted by molar-refractivity contribution is -0.117. The Morgan fingerprint density at radius 2 is 2.05 bits per heavy atom. The molecule has 19 heavy (non-hydrogen) atoms. The quantitative estimate of drug-likeness (QED) is 0.774. The van der Waals surface area contributed by atoms with Crippen molar-refractivity contribution in [2.75, 3.05) is 5.32 Å². The van der Waals surface area contributed by atoms with Gasteiger partial charge in [-0.1, -0.05) is 25.4 Å². The highest BCUT2D eigenvalue weighted by molar-refractivity contribution is 6.33. The van der Waals surface area contributed by atoms with Gasteiger partial charge in [0.1, 0.15) is 0 Å². The molecule has 0 saturated heterocycles. The molecule has 1 atom stereocenters. The van der Waals surface area contributed by atoms with E-state index < -0.39 is 12.0 Å². The molecule has 0 spiro atoms. The van der Waals surface area contributed by atoms with Gasteiger partial charge in [0.2, 0.25) is 5.91 Å². The predicted octanol–water partition coefficient (Wildman–Crippen LogP) is 2.35. The molecular formula is C13H17ClN2O3. The molecule has 0 fully saturated rings. The molecule has 0 aliphatic carbocycles. The van der Waals surface area contributed by atoms with Crippen molar-refractivity contribution in [1.82, 2.24) is 0 Å². The Kier molecular flexibility index (Phi) is 5.32. The van der Waals surface area contributed by atoms with Crippen LogP contribution in [-0.4, -0.2) is 23.0 Å². The summed E-state index contributed by atoms with van der Waals surface area (Å²) >= 11 is 5.91. The van der Waals surface area contributed by atoms with Gasteiger partial charge >= 0.3 is 5.97 Å². The molecule has 1 rings (SSSR count). The van der Waals surface area contributed by atoms with E-state index in [-0.39, 0.29) is 22.2 Å². The zero-order chi connectivity index (χ0) is 14.6. The van der Waals surface area contributed by atoms with Crippen LogP contribution in [0.5, 0.6) is 0 Å². The van der Waals surface area contributed by atoms with Gasteiger partial charge in [0, 0.05) is 0 Å². The van der Waals surface area contributed by atoms with Gasteiger partial charge in [-0.05, 0) is 30.5 Å². The lowest BCUT2D eigenvalue weighted by Crippen LogP contribution is -2.36. The Morgan fingerprint density at radius 3 is 2.58 bits per heavy atom.